The fraction of sp³-hybridized carbons (Fsp3) is 0.263. The van der Waals surface area contributed by atoms with Gasteiger partial charge in [0.1, 0.15) is 5.75 Å². The van der Waals surface area contributed by atoms with Crippen molar-refractivity contribution in [3.05, 3.63) is 59.2 Å². The Morgan fingerprint density at radius 1 is 1.17 bits per heavy atom. The van der Waals surface area contributed by atoms with Gasteiger partial charge in [-0.1, -0.05) is 45.0 Å². The summed E-state index contributed by atoms with van der Waals surface area (Å²) in [6.07, 6.45) is 0. The second-order valence-corrected chi connectivity index (χ2v) is 6.75. The summed E-state index contributed by atoms with van der Waals surface area (Å²) in [6, 6.07) is 13.7. The number of hydrogen-bond acceptors (Lipinski definition) is 3. The van der Waals surface area contributed by atoms with Gasteiger partial charge in [-0.15, -0.1) is 0 Å². The van der Waals surface area contributed by atoms with Gasteiger partial charge in [0.25, 0.3) is 5.91 Å². The smallest absolute Gasteiger partial charge is 0.260 e. The first-order valence-corrected chi connectivity index (χ1v) is 7.50. The van der Waals surface area contributed by atoms with E-state index >= 15 is 0 Å². The Bertz CT molecular complexity index is 828. The molecule has 1 N–H and O–H groups in total. The highest BCUT2D eigenvalue weighted by molar-refractivity contribution is 6.12. The number of rotatable bonds is 1. The van der Waals surface area contributed by atoms with Crippen LogP contribution in [0.3, 0.4) is 0 Å². The van der Waals surface area contributed by atoms with E-state index in [9.17, 15) is 15.2 Å². The average Bonchev–Trinajstić information content (AvgIpc) is 2.79. The van der Waals surface area contributed by atoms with Crippen molar-refractivity contribution in [2.75, 3.05) is 4.90 Å². The van der Waals surface area contributed by atoms with Gasteiger partial charge in [-0.3, -0.25) is 9.69 Å². The van der Waals surface area contributed by atoms with E-state index < -0.39 is 6.04 Å². The third-order valence-corrected chi connectivity index (χ3v) is 4.18. The van der Waals surface area contributed by atoms with Gasteiger partial charge in [0.2, 0.25) is 0 Å². The van der Waals surface area contributed by atoms with Crippen LogP contribution in [0.2, 0.25) is 0 Å². The van der Waals surface area contributed by atoms with E-state index in [4.69, 9.17) is 0 Å². The minimum Gasteiger partial charge on any atom is -0.506 e. The summed E-state index contributed by atoms with van der Waals surface area (Å²) in [5, 5.41) is 19.7. The van der Waals surface area contributed by atoms with Gasteiger partial charge in [0.15, 0.2) is 6.04 Å². The van der Waals surface area contributed by atoms with Crippen LogP contribution in [0.15, 0.2) is 42.5 Å². The molecule has 1 heterocycles. The number of aromatic hydroxyl groups is 1. The molecule has 0 aliphatic carbocycles. The van der Waals surface area contributed by atoms with Gasteiger partial charge in [0, 0.05) is 11.1 Å². The first kappa shape index (κ1) is 15.1. The second kappa shape index (κ2) is 5.13. The van der Waals surface area contributed by atoms with E-state index in [2.05, 4.69) is 26.8 Å². The van der Waals surface area contributed by atoms with Crippen LogP contribution in [-0.2, 0) is 5.41 Å². The maximum atomic E-state index is 12.7. The van der Waals surface area contributed by atoms with Crippen molar-refractivity contribution in [1.29, 1.82) is 5.26 Å². The highest BCUT2D eigenvalue weighted by Gasteiger charge is 2.39. The largest absolute Gasteiger partial charge is 0.506 e. The number of anilines is 1. The number of fused-ring (bicyclic) bond motifs is 1. The summed E-state index contributed by atoms with van der Waals surface area (Å²) in [7, 11) is 0. The number of para-hydroxylation sites is 2. The number of phenolic OH excluding ortho intramolecular Hbond substituents is 1. The minimum atomic E-state index is -0.729. The normalized spacial score (nSPS) is 17.0. The molecular weight excluding hydrogens is 288 g/mol. The predicted octanol–water partition coefficient (Wildman–Crippen LogP) is 3.91. The molecule has 2 aromatic rings. The summed E-state index contributed by atoms with van der Waals surface area (Å²) < 4.78 is 0. The van der Waals surface area contributed by atoms with Crippen molar-refractivity contribution in [2.45, 2.75) is 32.2 Å². The molecule has 0 spiro atoms. The van der Waals surface area contributed by atoms with Gasteiger partial charge in [-0.05, 0) is 29.2 Å². The first-order valence-electron chi connectivity index (χ1n) is 7.50. The number of nitriles is 1. The molecule has 0 aromatic heterocycles. The van der Waals surface area contributed by atoms with Gasteiger partial charge >= 0.3 is 0 Å². The summed E-state index contributed by atoms with van der Waals surface area (Å²) >= 11 is 0. The maximum absolute atomic E-state index is 12.7. The van der Waals surface area contributed by atoms with Crippen molar-refractivity contribution < 1.29 is 9.90 Å². The number of phenols is 1. The Kier molecular flexibility index (Phi) is 3.37. The molecule has 0 radical (unpaired) electrons. The lowest BCUT2D eigenvalue weighted by Gasteiger charge is -2.22. The molecule has 4 heteroatoms. The molecule has 1 unspecified atom stereocenters. The van der Waals surface area contributed by atoms with Crippen LogP contribution in [0.25, 0.3) is 0 Å². The third kappa shape index (κ3) is 2.35. The van der Waals surface area contributed by atoms with Gasteiger partial charge in [0.05, 0.1) is 11.8 Å². The van der Waals surface area contributed by atoms with Crippen LogP contribution in [0, 0.1) is 11.3 Å². The number of amides is 1. The monoisotopic (exact) mass is 306 g/mol. The standard InChI is InChI=1S/C19H18N2O2/c1-19(2,3)12-8-9-13-14(10-12)16(11-20)21(18(13)23)15-6-4-5-7-17(15)22/h4-10,16,22H,1-3H3. The molecule has 1 aliphatic rings. The SMILES string of the molecule is CC(C)(C)c1ccc2c(c1)C(C#N)N(c1ccccc1O)C2=O. The number of hydrogen-bond donors (Lipinski definition) is 1. The lowest BCUT2D eigenvalue weighted by Crippen LogP contribution is -2.26. The molecule has 0 saturated heterocycles. The summed E-state index contributed by atoms with van der Waals surface area (Å²) in [5.74, 6) is -0.265. The fourth-order valence-corrected chi connectivity index (χ4v) is 2.88. The molecule has 0 saturated carbocycles. The number of benzene rings is 2. The van der Waals surface area contributed by atoms with Gasteiger partial charge in [-0.25, -0.2) is 0 Å². The number of carbonyl (C=O) groups is 1. The van der Waals surface area contributed by atoms with Crippen LogP contribution in [0.5, 0.6) is 5.75 Å². The fourth-order valence-electron chi connectivity index (χ4n) is 2.88. The zero-order valence-electron chi connectivity index (χ0n) is 13.4. The number of nitrogens with zero attached hydrogens (tertiary/aromatic N) is 2. The summed E-state index contributed by atoms with van der Waals surface area (Å²) in [5.41, 5.74) is 2.59. The van der Waals surface area contributed by atoms with Crippen molar-refractivity contribution in [2.24, 2.45) is 0 Å². The molecular formula is C19H18N2O2. The molecule has 0 fully saturated rings. The van der Waals surface area contributed by atoms with E-state index in [0.29, 0.717) is 16.8 Å². The molecule has 3 rings (SSSR count). The maximum Gasteiger partial charge on any atom is 0.260 e. The summed E-state index contributed by atoms with van der Waals surface area (Å²) in [4.78, 5) is 14.1. The highest BCUT2D eigenvalue weighted by atomic mass is 16.3. The Morgan fingerprint density at radius 2 is 1.87 bits per heavy atom. The van der Waals surface area contributed by atoms with Crippen LogP contribution in [0.1, 0.15) is 48.3 Å². The molecule has 0 bridgehead atoms. The van der Waals surface area contributed by atoms with E-state index in [-0.39, 0.29) is 17.1 Å². The molecule has 1 amide bonds. The van der Waals surface area contributed by atoms with E-state index in [0.717, 1.165) is 5.56 Å². The Balaban J connectivity index is 2.16. The minimum absolute atomic E-state index is 0.00930. The second-order valence-electron chi connectivity index (χ2n) is 6.75. The molecule has 1 atom stereocenters. The van der Waals surface area contributed by atoms with E-state index in [1.165, 1.54) is 11.0 Å². The zero-order chi connectivity index (χ0) is 16.8. The van der Waals surface area contributed by atoms with Gasteiger partial charge < -0.3 is 5.11 Å². The highest BCUT2D eigenvalue weighted by Crippen LogP contribution is 2.41. The number of carbonyl (C=O) groups excluding carboxylic acids is 1. The van der Waals surface area contributed by atoms with E-state index in [1.54, 1.807) is 24.3 Å². The average molecular weight is 306 g/mol. The van der Waals surface area contributed by atoms with Crippen LogP contribution < -0.4 is 4.90 Å². The van der Waals surface area contributed by atoms with Gasteiger partial charge in [-0.2, -0.15) is 5.26 Å². The van der Waals surface area contributed by atoms with Crippen molar-refractivity contribution in [3.8, 4) is 11.8 Å². The third-order valence-electron chi connectivity index (χ3n) is 4.18. The van der Waals surface area contributed by atoms with Crippen molar-refractivity contribution in [1.82, 2.24) is 0 Å². The molecule has 116 valence electrons. The van der Waals surface area contributed by atoms with Crippen LogP contribution >= 0.6 is 0 Å². The Hall–Kier alpha value is -2.80. The zero-order valence-corrected chi connectivity index (χ0v) is 13.4. The molecule has 2 aromatic carbocycles. The predicted molar refractivity (Wildman–Crippen MR) is 88.4 cm³/mol. The first-order chi connectivity index (χ1) is 10.8. The molecule has 4 nitrogen and oxygen atoms in total. The van der Waals surface area contributed by atoms with Crippen LogP contribution in [-0.4, -0.2) is 11.0 Å². The Morgan fingerprint density at radius 3 is 2.48 bits per heavy atom. The van der Waals surface area contributed by atoms with Crippen molar-refractivity contribution >= 4 is 11.6 Å². The van der Waals surface area contributed by atoms with Crippen molar-refractivity contribution in [3.63, 3.8) is 0 Å². The molecule has 23 heavy (non-hydrogen) atoms. The van der Waals surface area contributed by atoms with E-state index in [1.807, 2.05) is 12.1 Å². The molecule has 1 aliphatic heterocycles. The summed E-state index contributed by atoms with van der Waals surface area (Å²) in [6.45, 7) is 6.27. The lowest BCUT2D eigenvalue weighted by molar-refractivity contribution is 0.0993. The lowest BCUT2D eigenvalue weighted by atomic mass is 9.85. The Labute approximate surface area is 135 Å². The van der Waals surface area contributed by atoms with Crippen LogP contribution in [0.4, 0.5) is 5.69 Å². The quantitative estimate of drug-likeness (QED) is 0.868. The topological polar surface area (TPSA) is 64.3 Å².